The highest BCUT2D eigenvalue weighted by atomic mass is 16.5. The number of amides is 1. The molecule has 0 fully saturated rings. The highest BCUT2D eigenvalue weighted by Gasteiger charge is 2.13. The lowest BCUT2D eigenvalue weighted by Crippen LogP contribution is -2.25. The molecule has 0 aliphatic rings. The summed E-state index contributed by atoms with van der Waals surface area (Å²) in [6.45, 7) is 5.96. The average Bonchev–Trinajstić information content (AvgIpc) is 2.60. The van der Waals surface area contributed by atoms with Crippen molar-refractivity contribution in [3.63, 3.8) is 0 Å². The Labute approximate surface area is 149 Å². The molecule has 0 aliphatic carbocycles. The molecule has 0 saturated heterocycles. The molecule has 2 aromatic carbocycles. The highest BCUT2D eigenvalue weighted by molar-refractivity contribution is 5.92. The molecular formula is C21H25NO3. The van der Waals surface area contributed by atoms with E-state index in [9.17, 15) is 4.79 Å². The van der Waals surface area contributed by atoms with Gasteiger partial charge in [-0.15, -0.1) is 0 Å². The van der Waals surface area contributed by atoms with Gasteiger partial charge in [0.15, 0.2) is 0 Å². The Balaban J connectivity index is 2.12. The number of carbonyl (C=O) groups is 1. The van der Waals surface area contributed by atoms with E-state index in [0.717, 1.165) is 33.8 Å². The average molecular weight is 339 g/mol. The minimum absolute atomic E-state index is 0.161. The maximum atomic E-state index is 12.3. The van der Waals surface area contributed by atoms with Crippen molar-refractivity contribution < 1.29 is 14.3 Å². The van der Waals surface area contributed by atoms with E-state index < -0.39 is 0 Å². The lowest BCUT2D eigenvalue weighted by atomic mass is 10.0. The van der Waals surface area contributed by atoms with Crippen LogP contribution in [0.15, 0.2) is 42.5 Å². The Morgan fingerprint density at radius 3 is 2.24 bits per heavy atom. The molecule has 1 amide bonds. The molecule has 0 saturated carbocycles. The summed E-state index contributed by atoms with van der Waals surface area (Å²) >= 11 is 0. The molecule has 25 heavy (non-hydrogen) atoms. The summed E-state index contributed by atoms with van der Waals surface area (Å²) in [7, 11) is 3.25. The molecule has 0 heterocycles. The third-order valence-electron chi connectivity index (χ3n) is 4.01. The fourth-order valence-corrected chi connectivity index (χ4v) is 2.68. The van der Waals surface area contributed by atoms with Gasteiger partial charge in [0.2, 0.25) is 5.91 Å². The van der Waals surface area contributed by atoms with Crippen molar-refractivity contribution in [1.82, 2.24) is 5.32 Å². The second-order valence-corrected chi connectivity index (χ2v) is 6.05. The molecule has 2 aromatic rings. The number of carbonyl (C=O) groups excluding carboxylic acids is 1. The summed E-state index contributed by atoms with van der Waals surface area (Å²) in [5.41, 5.74) is 4.06. The van der Waals surface area contributed by atoms with Crippen molar-refractivity contribution in [3.8, 4) is 11.5 Å². The molecule has 4 nitrogen and oxygen atoms in total. The van der Waals surface area contributed by atoms with E-state index >= 15 is 0 Å². The first kappa shape index (κ1) is 18.6. The molecule has 0 radical (unpaired) electrons. The van der Waals surface area contributed by atoms with Gasteiger partial charge in [-0.3, -0.25) is 4.79 Å². The van der Waals surface area contributed by atoms with E-state index in [4.69, 9.17) is 9.47 Å². The summed E-state index contributed by atoms with van der Waals surface area (Å²) < 4.78 is 10.7. The molecule has 132 valence electrons. The number of hydrogen-bond donors (Lipinski definition) is 1. The third-order valence-corrected chi connectivity index (χ3v) is 4.01. The molecule has 0 unspecified atom stereocenters. The van der Waals surface area contributed by atoms with Crippen LogP contribution < -0.4 is 14.8 Å². The van der Waals surface area contributed by atoms with E-state index in [1.54, 1.807) is 20.3 Å². The van der Waals surface area contributed by atoms with Gasteiger partial charge < -0.3 is 14.8 Å². The van der Waals surface area contributed by atoms with Crippen molar-refractivity contribution in [1.29, 1.82) is 0 Å². The minimum atomic E-state index is -0.167. The lowest BCUT2D eigenvalue weighted by molar-refractivity contribution is -0.117. The van der Waals surface area contributed by atoms with E-state index in [-0.39, 0.29) is 11.9 Å². The predicted molar refractivity (Wildman–Crippen MR) is 101 cm³/mol. The van der Waals surface area contributed by atoms with Crippen LogP contribution in [0.4, 0.5) is 0 Å². The molecule has 1 atom stereocenters. The number of nitrogens with one attached hydrogen (secondary N) is 1. The Morgan fingerprint density at radius 1 is 1.00 bits per heavy atom. The van der Waals surface area contributed by atoms with Crippen LogP contribution in [-0.4, -0.2) is 20.1 Å². The van der Waals surface area contributed by atoms with Crippen LogP contribution in [0, 0.1) is 13.8 Å². The normalized spacial score (nSPS) is 12.0. The monoisotopic (exact) mass is 339 g/mol. The van der Waals surface area contributed by atoms with Crippen molar-refractivity contribution in [3.05, 3.63) is 64.7 Å². The van der Waals surface area contributed by atoms with Gasteiger partial charge in [0.05, 0.1) is 20.3 Å². The van der Waals surface area contributed by atoms with Gasteiger partial charge in [-0.25, -0.2) is 0 Å². The van der Waals surface area contributed by atoms with Crippen LogP contribution in [0.3, 0.4) is 0 Å². The van der Waals surface area contributed by atoms with Crippen molar-refractivity contribution in [2.75, 3.05) is 14.2 Å². The third kappa shape index (κ3) is 4.86. The van der Waals surface area contributed by atoms with Crippen LogP contribution in [0.1, 0.15) is 35.2 Å². The van der Waals surface area contributed by atoms with E-state index in [1.165, 1.54) is 6.08 Å². The maximum absolute atomic E-state index is 12.3. The second kappa shape index (κ2) is 8.38. The molecule has 2 rings (SSSR count). The van der Waals surface area contributed by atoms with Gasteiger partial charge in [-0.2, -0.15) is 0 Å². The quantitative estimate of drug-likeness (QED) is 0.802. The summed E-state index contributed by atoms with van der Waals surface area (Å²) in [4.78, 5) is 12.3. The van der Waals surface area contributed by atoms with Gasteiger partial charge in [0, 0.05) is 17.2 Å². The number of methoxy groups -OCH3 is 2. The summed E-state index contributed by atoms with van der Waals surface area (Å²) in [5.74, 6) is 1.34. The summed E-state index contributed by atoms with van der Waals surface area (Å²) in [6, 6.07) is 11.6. The Hall–Kier alpha value is -2.75. The first-order valence-electron chi connectivity index (χ1n) is 8.22. The Morgan fingerprint density at radius 2 is 1.60 bits per heavy atom. The number of hydrogen-bond acceptors (Lipinski definition) is 3. The van der Waals surface area contributed by atoms with Gasteiger partial charge in [-0.1, -0.05) is 29.3 Å². The Kier molecular flexibility index (Phi) is 6.23. The number of aryl methyl sites for hydroxylation is 2. The maximum Gasteiger partial charge on any atom is 0.244 e. The van der Waals surface area contributed by atoms with Crippen LogP contribution >= 0.6 is 0 Å². The molecular weight excluding hydrogens is 314 g/mol. The predicted octanol–water partition coefficient (Wildman–Crippen LogP) is 4.21. The van der Waals surface area contributed by atoms with Crippen LogP contribution in [0.5, 0.6) is 11.5 Å². The number of benzene rings is 2. The zero-order valence-corrected chi connectivity index (χ0v) is 15.4. The molecule has 0 spiro atoms. The molecule has 0 aromatic heterocycles. The minimum Gasteiger partial charge on any atom is -0.496 e. The topological polar surface area (TPSA) is 47.6 Å². The smallest absolute Gasteiger partial charge is 0.244 e. The molecule has 1 N–H and O–H groups in total. The van der Waals surface area contributed by atoms with Crippen LogP contribution in [-0.2, 0) is 4.79 Å². The first-order chi connectivity index (χ1) is 11.9. The lowest BCUT2D eigenvalue weighted by Gasteiger charge is -2.17. The number of rotatable bonds is 6. The SMILES string of the molecule is COc1ccc(C)cc1/C=C/C(=O)N[C@H](C)c1cc(C)ccc1OC. The van der Waals surface area contributed by atoms with Gasteiger partial charge >= 0.3 is 0 Å². The zero-order chi connectivity index (χ0) is 18.4. The second-order valence-electron chi connectivity index (χ2n) is 6.05. The highest BCUT2D eigenvalue weighted by Crippen LogP contribution is 2.26. The zero-order valence-electron chi connectivity index (χ0n) is 15.4. The summed E-state index contributed by atoms with van der Waals surface area (Å²) in [5, 5.41) is 2.97. The molecule has 4 heteroatoms. The fourth-order valence-electron chi connectivity index (χ4n) is 2.68. The van der Waals surface area contributed by atoms with Crippen LogP contribution in [0.2, 0.25) is 0 Å². The fraction of sp³-hybridized carbons (Fsp3) is 0.286. The first-order valence-corrected chi connectivity index (χ1v) is 8.22. The van der Waals surface area contributed by atoms with Crippen molar-refractivity contribution >= 4 is 12.0 Å². The van der Waals surface area contributed by atoms with Crippen molar-refractivity contribution in [2.24, 2.45) is 0 Å². The van der Waals surface area contributed by atoms with E-state index in [1.807, 2.05) is 57.2 Å². The van der Waals surface area contributed by atoms with E-state index in [0.29, 0.717) is 0 Å². The van der Waals surface area contributed by atoms with Gasteiger partial charge in [-0.05, 0) is 45.0 Å². The van der Waals surface area contributed by atoms with Crippen LogP contribution in [0.25, 0.3) is 6.08 Å². The molecule has 0 aliphatic heterocycles. The summed E-state index contributed by atoms with van der Waals surface area (Å²) in [6.07, 6.45) is 3.29. The standard InChI is InChI=1S/C21H25NO3/c1-14-6-9-19(24-4)17(12-14)8-11-21(23)22-16(3)18-13-15(2)7-10-20(18)25-5/h6-13,16H,1-5H3,(H,22,23)/b11-8+/t16-/m1/s1. The van der Waals surface area contributed by atoms with Gasteiger partial charge in [0.25, 0.3) is 0 Å². The van der Waals surface area contributed by atoms with E-state index in [2.05, 4.69) is 5.32 Å². The number of ether oxygens (including phenoxy) is 2. The molecule has 0 bridgehead atoms. The van der Waals surface area contributed by atoms with Gasteiger partial charge in [0.1, 0.15) is 11.5 Å². The van der Waals surface area contributed by atoms with Crippen molar-refractivity contribution in [2.45, 2.75) is 26.8 Å². The largest absolute Gasteiger partial charge is 0.496 e. The Bertz CT molecular complexity index is 781.